The summed E-state index contributed by atoms with van der Waals surface area (Å²) in [4.78, 5) is 47.0. The number of carbonyl (C=O) groups is 3. The maximum absolute atomic E-state index is 11.4. The molecular weight excluding hydrogens is 416 g/mol. The summed E-state index contributed by atoms with van der Waals surface area (Å²) < 4.78 is 5.01. The van der Waals surface area contributed by atoms with E-state index in [9.17, 15) is 14.4 Å². The van der Waals surface area contributed by atoms with Gasteiger partial charge in [-0.05, 0) is 26.3 Å². The third-order valence-corrected chi connectivity index (χ3v) is 3.75. The van der Waals surface area contributed by atoms with Crippen molar-refractivity contribution in [1.29, 1.82) is 0 Å². The lowest BCUT2D eigenvalue weighted by atomic mass is 10.1. The zero-order chi connectivity index (χ0) is 23.6. The van der Waals surface area contributed by atoms with E-state index in [1.54, 1.807) is 33.2 Å². The van der Waals surface area contributed by atoms with Gasteiger partial charge in [-0.25, -0.2) is 20.2 Å². The molecule has 0 radical (unpaired) electrons. The summed E-state index contributed by atoms with van der Waals surface area (Å²) >= 11 is 0. The molecule has 0 bridgehead atoms. The number of benzene rings is 1. The van der Waals surface area contributed by atoms with Crippen LogP contribution in [0.5, 0.6) is 0 Å². The number of ether oxygens (including phenoxy) is 1. The predicted molar refractivity (Wildman–Crippen MR) is 115 cm³/mol. The zero-order valence-electron chi connectivity index (χ0n) is 18.0. The van der Waals surface area contributed by atoms with Crippen molar-refractivity contribution in [3.05, 3.63) is 72.3 Å². The number of nitrogens with zero attached hydrogens (tertiary/aromatic N) is 2. The van der Waals surface area contributed by atoms with Gasteiger partial charge in [-0.3, -0.25) is 15.0 Å². The van der Waals surface area contributed by atoms with Crippen LogP contribution in [-0.2, 0) is 16.0 Å². The molecular formula is C21H26N6O5. The number of H-pyrrole nitrogens is 2. The molecule has 0 unspecified atom stereocenters. The molecule has 0 aliphatic rings. The van der Waals surface area contributed by atoms with E-state index < -0.39 is 23.7 Å². The second-order valence-electron chi connectivity index (χ2n) is 7.56. The second kappa shape index (κ2) is 11.4. The van der Waals surface area contributed by atoms with Crippen LogP contribution >= 0.6 is 0 Å². The average molecular weight is 442 g/mol. The van der Waals surface area contributed by atoms with Gasteiger partial charge in [-0.2, -0.15) is 0 Å². The fourth-order valence-corrected chi connectivity index (χ4v) is 2.39. The summed E-state index contributed by atoms with van der Waals surface area (Å²) in [5.74, 6) is -0.690. The molecule has 11 nitrogen and oxygen atoms in total. The SMILES string of the molecule is CC(C)(C)OC(=O)NN[C@@H](Cc1ccccc1)C(=O)O.O=C(c1ncc[nH]1)c1ncc[nH]1. The van der Waals surface area contributed by atoms with Crippen LogP contribution in [-0.4, -0.2) is 54.5 Å². The number of carbonyl (C=O) groups excluding carboxylic acids is 2. The highest BCUT2D eigenvalue weighted by atomic mass is 16.6. The molecule has 0 saturated carbocycles. The van der Waals surface area contributed by atoms with Crippen LogP contribution in [0.25, 0.3) is 0 Å². The van der Waals surface area contributed by atoms with Crippen molar-refractivity contribution >= 4 is 17.8 Å². The molecule has 32 heavy (non-hydrogen) atoms. The molecule has 0 saturated heterocycles. The Morgan fingerprint density at radius 2 is 1.59 bits per heavy atom. The van der Waals surface area contributed by atoms with Gasteiger partial charge in [0, 0.05) is 31.2 Å². The van der Waals surface area contributed by atoms with Crippen molar-refractivity contribution in [2.45, 2.75) is 38.8 Å². The maximum Gasteiger partial charge on any atom is 0.422 e. The van der Waals surface area contributed by atoms with Crippen LogP contribution in [0.3, 0.4) is 0 Å². The fourth-order valence-electron chi connectivity index (χ4n) is 2.39. The quantitative estimate of drug-likeness (QED) is 0.274. The van der Waals surface area contributed by atoms with Crippen LogP contribution < -0.4 is 10.9 Å². The molecule has 0 aliphatic carbocycles. The molecule has 170 valence electrons. The molecule has 2 heterocycles. The lowest BCUT2D eigenvalue weighted by molar-refractivity contribution is -0.139. The zero-order valence-corrected chi connectivity index (χ0v) is 18.0. The molecule has 1 amide bonds. The van der Waals surface area contributed by atoms with Gasteiger partial charge in [-0.1, -0.05) is 30.3 Å². The number of aromatic amines is 2. The fraction of sp³-hybridized carbons (Fsp3) is 0.286. The van der Waals surface area contributed by atoms with Crippen molar-refractivity contribution < 1.29 is 24.2 Å². The smallest absolute Gasteiger partial charge is 0.422 e. The number of carboxylic acid groups (broad SMARTS) is 1. The molecule has 5 N–H and O–H groups in total. The standard InChI is InChI=1S/C14H20N2O4.C7H6N4O/c1-14(2,3)20-13(19)16-15-11(12(17)18)9-10-7-5-4-6-8-10;12-5(6-8-1-2-9-6)7-10-3-4-11-7/h4-8,11,15H,9H2,1-3H3,(H,16,19)(H,17,18);1-4H,(H,8,9)(H,10,11)/t11-;/m0./s1. The van der Waals surface area contributed by atoms with Gasteiger partial charge >= 0.3 is 12.1 Å². The first-order valence-electron chi connectivity index (χ1n) is 9.70. The van der Waals surface area contributed by atoms with Gasteiger partial charge in [0.2, 0.25) is 0 Å². The third-order valence-electron chi connectivity index (χ3n) is 3.75. The Labute approximate surface area is 184 Å². The van der Waals surface area contributed by atoms with Crippen molar-refractivity contribution in [3.63, 3.8) is 0 Å². The number of aromatic nitrogens is 4. The van der Waals surface area contributed by atoms with E-state index in [1.165, 1.54) is 12.4 Å². The van der Waals surface area contributed by atoms with E-state index in [0.29, 0.717) is 11.6 Å². The number of aliphatic carboxylic acids is 1. The third kappa shape index (κ3) is 8.40. The first kappa shape index (κ1) is 24.3. The summed E-state index contributed by atoms with van der Waals surface area (Å²) in [5.41, 5.74) is 4.94. The summed E-state index contributed by atoms with van der Waals surface area (Å²) in [6, 6.07) is 8.23. The number of imidazole rings is 2. The van der Waals surface area contributed by atoms with E-state index in [0.717, 1.165) is 5.56 Å². The Balaban J connectivity index is 0.000000255. The van der Waals surface area contributed by atoms with Crippen molar-refractivity contribution in [3.8, 4) is 0 Å². The van der Waals surface area contributed by atoms with E-state index in [4.69, 9.17) is 9.84 Å². The first-order valence-corrected chi connectivity index (χ1v) is 9.70. The largest absolute Gasteiger partial charge is 0.480 e. The minimum atomic E-state index is -1.05. The average Bonchev–Trinajstić information content (AvgIpc) is 3.45. The summed E-state index contributed by atoms with van der Waals surface area (Å²) in [6.07, 6.45) is 5.78. The number of hydrazine groups is 1. The van der Waals surface area contributed by atoms with Gasteiger partial charge < -0.3 is 19.8 Å². The highest BCUT2D eigenvalue weighted by Crippen LogP contribution is 2.06. The summed E-state index contributed by atoms with van der Waals surface area (Å²) in [5, 5.41) is 9.13. The van der Waals surface area contributed by atoms with Gasteiger partial charge in [0.25, 0.3) is 5.78 Å². The Morgan fingerprint density at radius 3 is 2.03 bits per heavy atom. The van der Waals surface area contributed by atoms with Crippen molar-refractivity contribution in [2.24, 2.45) is 0 Å². The van der Waals surface area contributed by atoms with Crippen LogP contribution in [0.1, 0.15) is 42.8 Å². The Bertz CT molecular complexity index is 945. The molecule has 1 atom stereocenters. The van der Waals surface area contributed by atoms with Crippen molar-refractivity contribution in [2.75, 3.05) is 0 Å². The summed E-state index contributed by atoms with van der Waals surface area (Å²) in [6.45, 7) is 5.18. The summed E-state index contributed by atoms with van der Waals surface area (Å²) in [7, 11) is 0. The number of carboxylic acids is 1. The number of hydrogen-bond acceptors (Lipinski definition) is 7. The van der Waals surface area contributed by atoms with Crippen LogP contribution in [0.4, 0.5) is 4.79 Å². The number of amides is 1. The Kier molecular flexibility index (Phi) is 8.66. The van der Waals surface area contributed by atoms with Crippen LogP contribution in [0.2, 0.25) is 0 Å². The first-order chi connectivity index (χ1) is 15.2. The second-order valence-corrected chi connectivity index (χ2v) is 7.56. The molecule has 0 aliphatic heterocycles. The van der Waals surface area contributed by atoms with Crippen molar-refractivity contribution in [1.82, 2.24) is 30.8 Å². The van der Waals surface area contributed by atoms with E-state index >= 15 is 0 Å². The van der Waals surface area contributed by atoms with Gasteiger partial charge in [-0.15, -0.1) is 0 Å². The maximum atomic E-state index is 11.4. The van der Waals surface area contributed by atoms with Crippen LogP contribution in [0, 0.1) is 0 Å². The molecule has 0 fully saturated rings. The number of rotatable bonds is 7. The number of ketones is 1. The Hall–Kier alpha value is -3.99. The van der Waals surface area contributed by atoms with Gasteiger partial charge in [0.15, 0.2) is 11.6 Å². The minimum absolute atomic E-state index is 0.231. The molecule has 1 aromatic carbocycles. The molecule has 0 spiro atoms. The highest BCUT2D eigenvalue weighted by Gasteiger charge is 2.21. The van der Waals surface area contributed by atoms with Gasteiger partial charge in [0.05, 0.1) is 0 Å². The van der Waals surface area contributed by atoms with E-state index in [2.05, 4.69) is 30.8 Å². The topological polar surface area (TPSA) is 162 Å². The molecule has 11 heteroatoms. The number of nitrogens with one attached hydrogen (secondary N) is 4. The predicted octanol–water partition coefficient (Wildman–Crippen LogP) is 2.08. The minimum Gasteiger partial charge on any atom is -0.480 e. The van der Waals surface area contributed by atoms with Crippen LogP contribution in [0.15, 0.2) is 55.1 Å². The van der Waals surface area contributed by atoms with E-state index in [-0.39, 0.29) is 12.2 Å². The Morgan fingerprint density at radius 1 is 1.03 bits per heavy atom. The highest BCUT2D eigenvalue weighted by molar-refractivity contribution is 6.03. The molecule has 3 rings (SSSR count). The normalized spacial score (nSPS) is 11.6. The number of hydrogen-bond donors (Lipinski definition) is 5. The van der Waals surface area contributed by atoms with E-state index in [1.807, 2.05) is 30.3 Å². The lowest BCUT2D eigenvalue weighted by Crippen LogP contribution is -2.50. The van der Waals surface area contributed by atoms with Gasteiger partial charge in [0.1, 0.15) is 11.6 Å². The molecule has 2 aromatic heterocycles. The monoisotopic (exact) mass is 442 g/mol. The lowest BCUT2D eigenvalue weighted by Gasteiger charge is -2.21. The molecule has 3 aromatic rings.